The lowest BCUT2D eigenvalue weighted by atomic mass is 10.1. The van der Waals surface area contributed by atoms with Crippen molar-refractivity contribution in [2.45, 2.75) is 75.3 Å². The second kappa shape index (κ2) is 17.3. The van der Waals surface area contributed by atoms with Gasteiger partial charge >= 0.3 is 30.3 Å². The smallest absolute Gasteiger partial charge is 0.458 e. The van der Waals surface area contributed by atoms with Crippen LogP contribution < -0.4 is 10.6 Å². The fraction of sp³-hybridized carbons (Fsp3) is 0.452. The first-order valence-corrected chi connectivity index (χ1v) is 15.2. The van der Waals surface area contributed by atoms with Gasteiger partial charge in [0, 0.05) is 11.3 Å². The van der Waals surface area contributed by atoms with E-state index in [1.54, 1.807) is 71.9 Å². The number of alkyl carbamates (subject to hydrolysis) is 1. The average Bonchev–Trinajstić information content (AvgIpc) is 2.94. The molecule has 47 heavy (non-hydrogen) atoms. The Hall–Kier alpha value is -3.94. The third-order valence-corrected chi connectivity index (χ3v) is 5.56. The molecule has 0 saturated carbocycles. The van der Waals surface area contributed by atoms with Gasteiger partial charge in [-0.05, 0) is 59.2 Å². The van der Waals surface area contributed by atoms with Crippen LogP contribution in [0.25, 0.3) is 0 Å². The Labute approximate surface area is 287 Å². The Morgan fingerprint density at radius 1 is 0.723 bits per heavy atom. The largest absolute Gasteiger partial charge is 0.509 e. The summed E-state index contributed by atoms with van der Waals surface area (Å²) in [6.45, 7) is 8.50. The van der Waals surface area contributed by atoms with Gasteiger partial charge in [0.2, 0.25) is 9.90 Å². The molecule has 0 aliphatic rings. The lowest BCUT2D eigenvalue weighted by Crippen LogP contribution is -2.48. The van der Waals surface area contributed by atoms with Gasteiger partial charge < -0.3 is 33.7 Å². The predicted molar refractivity (Wildman–Crippen MR) is 172 cm³/mol. The number of carbonyl (C=O) groups excluding carboxylic acids is 5. The molecular weight excluding hydrogens is 683 g/mol. The molecule has 0 radical (unpaired) electrons. The molecule has 16 heteroatoms. The first-order chi connectivity index (χ1) is 21.7. The van der Waals surface area contributed by atoms with Gasteiger partial charge in [0.1, 0.15) is 31.0 Å². The number of ether oxygens (including phenoxy) is 6. The molecule has 2 atom stereocenters. The SMILES string of the molecule is CC(C)(C)OC(=O)N[C@H](COC(=O)Nc1ccc(C(OC(=O)OCC(Cl)(Cl)Cl)C(=O)OCc2ccccc2)cc1)C(=O)OC(C)(C)C. The van der Waals surface area contributed by atoms with Crippen LogP contribution in [0.15, 0.2) is 54.6 Å². The van der Waals surface area contributed by atoms with Crippen LogP contribution in [0.2, 0.25) is 0 Å². The summed E-state index contributed by atoms with van der Waals surface area (Å²) in [4.78, 5) is 62.8. The maximum atomic E-state index is 13.0. The molecule has 2 aromatic carbocycles. The number of hydrogen-bond acceptors (Lipinski definition) is 11. The lowest BCUT2D eigenvalue weighted by Gasteiger charge is -2.26. The fourth-order valence-corrected chi connectivity index (χ4v) is 3.54. The second-order valence-electron chi connectivity index (χ2n) is 11.8. The highest BCUT2D eigenvalue weighted by Gasteiger charge is 2.31. The standard InChI is InChI=1S/C31H37Cl3N2O11/c1-29(2,3)46-24(37)22(36-27(40)47-30(4,5)6)17-43-26(39)35-21-14-12-20(13-15-21)23(45-28(41)44-18-31(32,33)34)25(38)42-16-19-10-8-7-9-11-19/h7-15,22-23H,16-18H2,1-6H3,(H,35,39)(H,36,40)/t22-,23?/m1/s1. The minimum absolute atomic E-state index is 0.110. The van der Waals surface area contributed by atoms with E-state index in [0.29, 0.717) is 5.56 Å². The molecule has 2 N–H and O–H groups in total. The maximum absolute atomic E-state index is 13.0. The van der Waals surface area contributed by atoms with Crippen molar-refractivity contribution < 1.29 is 52.4 Å². The van der Waals surface area contributed by atoms with Crippen LogP contribution in [0.5, 0.6) is 0 Å². The molecule has 0 aromatic heterocycles. The summed E-state index contributed by atoms with van der Waals surface area (Å²) in [5.74, 6) is -1.77. The average molecular weight is 720 g/mol. The van der Waals surface area contributed by atoms with Crippen LogP contribution >= 0.6 is 34.8 Å². The van der Waals surface area contributed by atoms with E-state index in [0.717, 1.165) is 0 Å². The van der Waals surface area contributed by atoms with Gasteiger partial charge in [-0.2, -0.15) is 0 Å². The van der Waals surface area contributed by atoms with Crippen molar-refractivity contribution in [3.05, 3.63) is 65.7 Å². The third-order valence-electron chi connectivity index (χ3n) is 5.23. The Morgan fingerprint density at radius 3 is 1.87 bits per heavy atom. The van der Waals surface area contributed by atoms with Crippen molar-refractivity contribution in [2.75, 3.05) is 18.5 Å². The Balaban J connectivity index is 2.11. The van der Waals surface area contributed by atoms with E-state index < -0.39 is 70.6 Å². The molecule has 0 heterocycles. The summed E-state index contributed by atoms with van der Waals surface area (Å²) in [6, 6.07) is 12.9. The molecule has 0 spiro atoms. The Bertz CT molecular complexity index is 1370. The lowest BCUT2D eigenvalue weighted by molar-refractivity contribution is -0.158. The first-order valence-electron chi connectivity index (χ1n) is 14.1. The Morgan fingerprint density at radius 2 is 1.32 bits per heavy atom. The monoisotopic (exact) mass is 718 g/mol. The molecule has 0 saturated heterocycles. The minimum Gasteiger partial charge on any atom is -0.458 e. The van der Waals surface area contributed by atoms with E-state index >= 15 is 0 Å². The number of esters is 2. The number of anilines is 1. The normalized spacial score (nSPS) is 12.9. The van der Waals surface area contributed by atoms with Gasteiger partial charge in [-0.15, -0.1) is 0 Å². The van der Waals surface area contributed by atoms with Crippen LogP contribution in [-0.4, -0.2) is 64.5 Å². The minimum atomic E-state index is -1.91. The summed E-state index contributed by atoms with van der Waals surface area (Å²) in [5.41, 5.74) is -0.696. The number of amides is 2. The van der Waals surface area contributed by atoms with E-state index in [1.165, 1.54) is 24.3 Å². The van der Waals surface area contributed by atoms with Crippen LogP contribution in [-0.2, 0) is 44.6 Å². The fourth-order valence-electron chi connectivity index (χ4n) is 3.37. The van der Waals surface area contributed by atoms with Gasteiger partial charge in [0.25, 0.3) is 0 Å². The highest BCUT2D eigenvalue weighted by Crippen LogP contribution is 2.27. The molecule has 258 valence electrons. The molecular formula is C31H37Cl3N2O11. The number of benzene rings is 2. The number of hydrogen-bond donors (Lipinski definition) is 2. The van der Waals surface area contributed by atoms with E-state index in [4.69, 9.17) is 63.2 Å². The third kappa shape index (κ3) is 16.4. The number of rotatable bonds is 11. The van der Waals surface area contributed by atoms with E-state index in [2.05, 4.69) is 10.6 Å². The van der Waals surface area contributed by atoms with Crippen molar-refractivity contribution in [1.29, 1.82) is 0 Å². The highest BCUT2D eigenvalue weighted by atomic mass is 35.6. The molecule has 0 bridgehead atoms. The van der Waals surface area contributed by atoms with Crippen molar-refractivity contribution in [2.24, 2.45) is 0 Å². The summed E-state index contributed by atoms with van der Waals surface area (Å²) in [7, 11) is 0. The van der Waals surface area contributed by atoms with Gasteiger partial charge in [-0.3, -0.25) is 5.32 Å². The molecule has 13 nitrogen and oxygen atoms in total. The van der Waals surface area contributed by atoms with Crippen molar-refractivity contribution in [3.63, 3.8) is 0 Å². The molecule has 1 unspecified atom stereocenters. The van der Waals surface area contributed by atoms with Crippen LogP contribution in [0.1, 0.15) is 58.8 Å². The van der Waals surface area contributed by atoms with E-state index in [-0.39, 0.29) is 17.9 Å². The van der Waals surface area contributed by atoms with Gasteiger partial charge in [0.15, 0.2) is 6.04 Å². The molecule has 0 fully saturated rings. The van der Waals surface area contributed by atoms with Crippen LogP contribution in [0.3, 0.4) is 0 Å². The second-order valence-corrected chi connectivity index (χ2v) is 14.3. The summed E-state index contributed by atoms with van der Waals surface area (Å²) in [6.07, 6.45) is -4.79. The predicted octanol–water partition coefficient (Wildman–Crippen LogP) is 6.78. The van der Waals surface area contributed by atoms with Gasteiger partial charge in [-0.1, -0.05) is 77.3 Å². The first kappa shape index (κ1) is 39.2. The van der Waals surface area contributed by atoms with Gasteiger partial charge in [-0.25, -0.2) is 24.0 Å². The van der Waals surface area contributed by atoms with Crippen molar-refractivity contribution in [1.82, 2.24) is 5.32 Å². The highest BCUT2D eigenvalue weighted by molar-refractivity contribution is 6.67. The van der Waals surface area contributed by atoms with Crippen molar-refractivity contribution in [3.8, 4) is 0 Å². The molecule has 2 aromatic rings. The molecule has 0 aliphatic heterocycles. The number of nitrogens with one attached hydrogen (secondary N) is 2. The maximum Gasteiger partial charge on any atom is 0.509 e. The topological polar surface area (TPSA) is 165 Å². The van der Waals surface area contributed by atoms with Gasteiger partial charge in [0.05, 0.1) is 0 Å². The Kier molecular flexibility index (Phi) is 14.4. The summed E-state index contributed by atoms with van der Waals surface area (Å²) in [5, 5.41) is 4.79. The zero-order valence-corrected chi connectivity index (χ0v) is 28.9. The quantitative estimate of drug-likeness (QED) is 0.143. The summed E-state index contributed by atoms with van der Waals surface area (Å²) < 4.78 is 29.0. The summed E-state index contributed by atoms with van der Waals surface area (Å²) >= 11 is 16.8. The zero-order chi connectivity index (χ0) is 35.4. The van der Waals surface area contributed by atoms with Crippen molar-refractivity contribution >= 4 is 70.8 Å². The van der Waals surface area contributed by atoms with E-state index in [9.17, 15) is 24.0 Å². The molecule has 2 rings (SSSR count). The van der Waals surface area contributed by atoms with Crippen LogP contribution in [0, 0.1) is 0 Å². The molecule has 2 amide bonds. The zero-order valence-electron chi connectivity index (χ0n) is 26.6. The van der Waals surface area contributed by atoms with Crippen LogP contribution in [0.4, 0.5) is 20.1 Å². The number of alkyl halides is 3. The number of halogens is 3. The number of carbonyl (C=O) groups is 5. The molecule has 0 aliphatic carbocycles. The van der Waals surface area contributed by atoms with E-state index in [1.807, 2.05) is 0 Å².